The quantitative estimate of drug-likeness (QED) is 0.696. The first kappa shape index (κ1) is 18.5. The number of rotatable bonds is 7. The number of nitrogens with zero attached hydrogens (tertiary/aromatic N) is 2. The Morgan fingerprint density at radius 3 is 2.52 bits per heavy atom. The fourth-order valence-electron chi connectivity index (χ4n) is 2.79. The first-order chi connectivity index (χ1) is 13.1. The number of hydrogen-bond donors (Lipinski definition) is 1. The summed E-state index contributed by atoms with van der Waals surface area (Å²) in [5.41, 5.74) is 2.91. The van der Waals surface area contributed by atoms with Crippen LogP contribution in [-0.4, -0.2) is 31.6 Å². The fourth-order valence-corrected chi connectivity index (χ4v) is 2.79. The van der Waals surface area contributed by atoms with Crippen molar-refractivity contribution in [3.05, 3.63) is 84.1 Å². The number of amides is 1. The summed E-state index contributed by atoms with van der Waals surface area (Å²) in [7, 11) is 3.77. The van der Waals surface area contributed by atoms with Gasteiger partial charge in [-0.3, -0.25) is 4.79 Å². The number of nitrogens with one attached hydrogen (secondary N) is 1. The number of benzene rings is 2. The van der Waals surface area contributed by atoms with E-state index in [2.05, 4.69) is 22.4 Å². The minimum Gasteiger partial charge on any atom is -0.483 e. The van der Waals surface area contributed by atoms with Crippen LogP contribution in [0.5, 0.6) is 5.75 Å². The second-order valence-corrected chi connectivity index (χ2v) is 6.38. The molecule has 5 nitrogen and oxygen atoms in total. The molecule has 0 aliphatic rings. The van der Waals surface area contributed by atoms with Crippen LogP contribution >= 0.6 is 0 Å². The van der Waals surface area contributed by atoms with E-state index < -0.39 is 0 Å². The average Bonchev–Trinajstić information content (AvgIpc) is 2.68. The molecular weight excluding hydrogens is 338 g/mol. The summed E-state index contributed by atoms with van der Waals surface area (Å²) in [5.74, 6) is 1.20. The van der Waals surface area contributed by atoms with Crippen molar-refractivity contribution < 1.29 is 9.53 Å². The number of hydrogen-bond acceptors (Lipinski definition) is 4. The van der Waals surface area contributed by atoms with Gasteiger partial charge in [-0.2, -0.15) is 0 Å². The lowest BCUT2D eigenvalue weighted by atomic mass is 10.0. The molecule has 138 valence electrons. The van der Waals surface area contributed by atoms with Gasteiger partial charge in [-0.1, -0.05) is 48.5 Å². The van der Waals surface area contributed by atoms with Gasteiger partial charge in [0.25, 0.3) is 5.91 Å². The van der Waals surface area contributed by atoms with Crippen LogP contribution in [0.2, 0.25) is 0 Å². The van der Waals surface area contributed by atoms with Gasteiger partial charge >= 0.3 is 0 Å². The van der Waals surface area contributed by atoms with Gasteiger partial charge in [0.05, 0.1) is 5.69 Å². The Balaban J connectivity index is 1.64. The summed E-state index contributed by atoms with van der Waals surface area (Å²) in [6.07, 6.45) is 2.45. The highest BCUT2D eigenvalue weighted by Crippen LogP contribution is 2.22. The summed E-state index contributed by atoms with van der Waals surface area (Å²) >= 11 is 0. The molecule has 0 bridgehead atoms. The zero-order valence-corrected chi connectivity index (χ0v) is 15.6. The standard InChI is InChI=1S/C22H23N3O2/c1-25(2)22-19(12-8-14-23-22)24-21(26)16-27-20-13-7-6-11-18(20)15-17-9-4-3-5-10-17/h3-14H,15-16H2,1-2H3,(H,24,26). The number of ether oxygens (including phenoxy) is 1. The van der Waals surface area contributed by atoms with Crippen LogP contribution in [0.4, 0.5) is 11.5 Å². The van der Waals surface area contributed by atoms with Gasteiger partial charge in [0.2, 0.25) is 0 Å². The van der Waals surface area contributed by atoms with Crippen LogP contribution in [0.3, 0.4) is 0 Å². The zero-order valence-electron chi connectivity index (χ0n) is 15.6. The molecule has 1 heterocycles. The molecule has 0 aliphatic carbocycles. The lowest BCUT2D eigenvalue weighted by Crippen LogP contribution is -2.22. The molecule has 0 saturated carbocycles. The van der Waals surface area contributed by atoms with Gasteiger partial charge in [-0.25, -0.2) is 4.98 Å². The van der Waals surface area contributed by atoms with E-state index in [4.69, 9.17) is 4.74 Å². The Morgan fingerprint density at radius 2 is 1.74 bits per heavy atom. The molecule has 5 heteroatoms. The van der Waals surface area contributed by atoms with Crippen molar-refractivity contribution in [3.63, 3.8) is 0 Å². The Hall–Kier alpha value is -3.34. The summed E-state index contributed by atoms with van der Waals surface area (Å²) in [5, 5.41) is 2.86. The van der Waals surface area contributed by atoms with Crippen LogP contribution < -0.4 is 15.0 Å². The minimum absolute atomic E-state index is 0.0619. The topological polar surface area (TPSA) is 54.5 Å². The second kappa shape index (κ2) is 8.85. The van der Waals surface area contributed by atoms with Crippen molar-refractivity contribution in [1.29, 1.82) is 0 Å². The van der Waals surface area contributed by atoms with E-state index in [0.717, 1.165) is 17.7 Å². The minimum atomic E-state index is -0.222. The summed E-state index contributed by atoms with van der Waals surface area (Å²) in [4.78, 5) is 18.5. The summed E-state index contributed by atoms with van der Waals surface area (Å²) in [6, 6.07) is 21.6. The molecule has 1 amide bonds. The van der Waals surface area contributed by atoms with Crippen molar-refractivity contribution >= 4 is 17.4 Å². The van der Waals surface area contributed by atoms with Crippen LogP contribution in [0.25, 0.3) is 0 Å². The maximum Gasteiger partial charge on any atom is 0.262 e. The molecule has 0 atom stereocenters. The smallest absolute Gasteiger partial charge is 0.262 e. The highest BCUT2D eigenvalue weighted by molar-refractivity contribution is 5.94. The van der Waals surface area contributed by atoms with Crippen molar-refractivity contribution in [2.75, 3.05) is 30.9 Å². The van der Waals surface area contributed by atoms with Crippen molar-refractivity contribution in [1.82, 2.24) is 4.98 Å². The molecule has 0 spiro atoms. The summed E-state index contributed by atoms with van der Waals surface area (Å²) < 4.78 is 5.80. The van der Waals surface area contributed by atoms with E-state index in [-0.39, 0.29) is 12.5 Å². The fraction of sp³-hybridized carbons (Fsp3) is 0.182. The van der Waals surface area contributed by atoms with Gasteiger partial charge in [0.15, 0.2) is 12.4 Å². The predicted molar refractivity (Wildman–Crippen MR) is 108 cm³/mol. The Kier molecular flexibility index (Phi) is 6.05. The van der Waals surface area contributed by atoms with Crippen LogP contribution in [0.1, 0.15) is 11.1 Å². The molecule has 2 aromatic carbocycles. The molecule has 1 N–H and O–H groups in total. The van der Waals surface area contributed by atoms with Gasteiger partial charge in [0.1, 0.15) is 5.75 Å². The van der Waals surface area contributed by atoms with Crippen molar-refractivity contribution in [2.45, 2.75) is 6.42 Å². The molecule has 1 aromatic heterocycles. The second-order valence-electron chi connectivity index (χ2n) is 6.38. The zero-order chi connectivity index (χ0) is 19.1. The van der Waals surface area contributed by atoms with E-state index in [1.165, 1.54) is 5.56 Å². The third kappa shape index (κ3) is 5.07. The lowest BCUT2D eigenvalue weighted by Gasteiger charge is -2.16. The predicted octanol–water partition coefficient (Wildman–Crippen LogP) is 3.76. The first-order valence-corrected chi connectivity index (χ1v) is 8.80. The van der Waals surface area contributed by atoms with Gasteiger partial charge in [-0.15, -0.1) is 0 Å². The molecule has 0 unspecified atom stereocenters. The Morgan fingerprint density at radius 1 is 1.00 bits per heavy atom. The highest BCUT2D eigenvalue weighted by Gasteiger charge is 2.11. The van der Waals surface area contributed by atoms with Crippen LogP contribution in [0.15, 0.2) is 72.9 Å². The Bertz CT molecular complexity index is 895. The molecule has 3 rings (SSSR count). The third-order valence-electron chi connectivity index (χ3n) is 4.05. The van der Waals surface area contributed by atoms with Gasteiger partial charge in [0, 0.05) is 26.7 Å². The number of carbonyl (C=O) groups is 1. The molecule has 27 heavy (non-hydrogen) atoms. The molecule has 3 aromatic rings. The molecule has 0 aliphatic heterocycles. The van der Waals surface area contributed by atoms with E-state index in [9.17, 15) is 4.79 Å². The molecule has 0 saturated heterocycles. The van der Waals surface area contributed by atoms with Gasteiger partial charge < -0.3 is 15.0 Å². The number of para-hydroxylation sites is 1. The van der Waals surface area contributed by atoms with Crippen LogP contribution in [0, 0.1) is 0 Å². The van der Waals surface area contributed by atoms with Crippen molar-refractivity contribution in [2.24, 2.45) is 0 Å². The number of aromatic nitrogens is 1. The van der Waals surface area contributed by atoms with E-state index in [1.54, 1.807) is 12.3 Å². The molecule has 0 fully saturated rings. The Labute approximate surface area is 159 Å². The molecular formula is C22H23N3O2. The van der Waals surface area contributed by atoms with Crippen LogP contribution in [-0.2, 0) is 11.2 Å². The third-order valence-corrected chi connectivity index (χ3v) is 4.05. The number of pyridine rings is 1. The maximum atomic E-state index is 12.3. The summed E-state index contributed by atoms with van der Waals surface area (Å²) in [6.45, 7) is -0.0619. The first-order valence-electron chi connectivity index (χ1n) is 8.80. The van der Waals surface area contributed by atoms with E-state index in [0.29, 0.717) is 11.5 Å². The molecule has 0 radical (unpaired) electrons. The number of anilines is 2. The largest absolute Gasteiger partial charge is 0.483 e. The van der Waals surface area contributed by atoms with Crippen molar-refractivity contribution in [3.8, 4) is 5.75 Å². The number of carbonyl (C=O) groups excluding carboxylic acids is 1. The maximum absolute atomic E-state index is 12.3. The van der Waals surface area contributed by atoms with Gasteiger partial charge in [-0.05, 0) is 29.3 Å². The van der Waals surface area contributed by atoms with E-state index >= 15 is 0 Å². The SMILES string of the molecule is CN(C)c1ncccc1NC(=O)COc1ccccc1Cc1ccccc1. The normalized spacial score (nSPS) is 10.3. The highest BCUT2D eigenvalue weighted by atomic mass is 16.5. The average molecular weight is 361 g/mol. The monoisotopic (exact) mass is 361 g/mol. The van der Waals surface area contributed by atoms with E-state index in [1.807, 2.05) is 67.5 Å². The lowest BCUT2D eigenvalue weighted by molar-refractivity contribution is -0.118.